The smallest absolute Gasteiger partial charge is 0.299 e. The number of aromatic nitrogens is 1. The monoisotopic (exact) mass is 453 g/mol. The summed E-state index contributed by atoms with van der Waals surface area (Å²) in [5.41, 5.74) is 1.78. The first-order valence-electron chi connectivity index (χ1n) is 12.3. The van der Waals surface area contributed by atoms with E-state index in [2.05, 4.69) is 36.0 Å². The van der Waals surface area contributed by atoms with Gasteiger partial charge in [-0.05, 0) is 58.7 Å². The molecule has 0 radical (unpaired) electrons. The molecule has 2 unspecified atom stereocenters. The zero-order chi connectivity index (χ0) is 23.3. The summed E-state index contributed by atoms with van der Waals surface area (Å²) in [5, 5.41) is 3.30. The highest BCUT2D eigenvalue weighted by molar-refractivity contribution is 6.04. The van der Waals surface area contributed by atoms with Crippen LogP contribution in [0, 0.1) is 0 Å². The van der Waals surface area contributed by atoms with Crippen molar-refractivity contribution < 1.29 is 14.0 Å². The van der Waals surface area contributed by atoms with Crippen LogP contribution in [0.2, 0.25) is 0 Å². The Morgan fingerprint density at radius 1 is 1.09 bits per heavy atom. The van der Waals surface area contributed by atoms with E-state index >= 15 is 0 Å². The maximum Gasteiger partial charge on any atom is 0.299 e. The van der Waals surface area contributed by atoms with E-state index in [0.29, 0.717) is 47.9 Å². The molecule has 0 aliphatic carbocycles. The second-order valence-electron chi connectivity index (χ2n) is 10.2. The van der Waals surface area contributed by atoms with Gasteiger partial charge in [-0.2, -0.15) is 4.98 Å². The van der Waals surface area contributed by atoms with E-state index in [4.69, 9.17) is 9.40 Å². The molecular formula is C25H35N5O3. The van der Waals surface area contributed by atoms with Crippen molar-refractivity contribution in [2.24, 2.45) is 0 Å². The van der Waals surface area contributed by atoms with Crippen LogP contribution in [0.4, 0.5) is 6.01 Å². The Morgan fingerprint density at radius 3 is 2.39 bits per heavy atom. The predicted molar refractivity (Wildman–Crippen MR) is 127 cm³/mol. The molecule has 4 heterocycles. The van der Waals surface area contributed by atoms with Gasteiger partial charge in [0.15, 0.2) is 5.58 Å². The summed E-state index contributed by atoms with van der Waals surface area (Å²) in [6.07, 6.45) is 5.74. The largest absolute Gasteiger partial charge is 0.423 e. The molecule has 1 aromatic carbocycles. The number of oxazole rings is 1. The summed E-state index contributed by atoms with van der Waals surface area (Å²) >= 11 is 0. The zero-order valence-electron chi connectivity index (χ0n) is 20.1. The Morgan fingerprint density at radius 2 is 1.76 bits per heavy atom. The summed E-state index contributed by atoms with van der Waals surface area (Å²) in [5.74, 6) is 0.0125. The maximum absolute atomic E-state index is 13.3. The molecule has 4 atom stereocenters. The van der Waals surface area contributed by atoms with Crippen molar-refractivity contribution in [3.05, 3.63) is 23.8 Å². The number of nitrogens with zero attached hydrogens (tertiary/aromatic N) is 4. The highest BCUT2D eigenvalue weighted by Gasteiger charge is 2.37. The maximum atomic E-state index is 13.3. The van der Waals surface area contributed by atoms with Crippen LogP contribution in [0.1, 0.15) is 63.2 Å². The number of piperazine rings is 1. The van der Waals surface area contributed by atoms with Crippen molar-refractivity contribution in [3.63, 3.8) is 0 Å². The highest BCUT2D eigenvalue weighted by atomic mass is 16.4. The van der Waals surface area contributed by atoms with Crippen LogP contribution in [0.25, 0.3) is 11.1 Å². The number of carbonyl (C=O) groups excluding carboxylic acids is 2. The fraction of sp³-hybridized carbons (Fsp3) is 0.640. The van der Waals surface area contributed by atoms with Crippen molar-refractivity contribution in [2.75, 3.05) is 25.0 Å². The van der Waals surface area contributed by atoms with Gasteiger partial charge >= 0.3 is 0 Å². The van der Waals surface area contributed by atoms with E-state index < -0.39 is 0 Å². The molecule has 2 aromatic rings. The van der Waals surface area contributed by atoms with Gasteiger partial charge in [0.25, 0.3) is 11.9 Å². The molecule has 1 aromatic heterocycles. The summed E-state index contributed by atoms with van der Waals surface area (Å²) in [6.45, 7) is 7.02. The molecular weight excluding hydrogens is 418 g/mol. The topological polar surface area (TPSA) is 81.9 Å². The molecule has 2 bridgehead atoms. The average Bonchev–Trinajstić information content (AvgIpc) is 3.17. The number of carbonyl (C=O) groups is 2. The number of fused-ring (bicyclic) bond motifs is 3. The minimum Gasteiger partial charge on any atom is -0.423 e. The number of amides is 2. The number of para-hydroxylation sites is 1. The molecule has 5 rings (SSSR count). The fourth-order valence-electron chi connectivity index (χ4n) is 6.18. The third-order valence-corrected chi connectivity index (χ3v) is 7.91. The Labute approximate surface area is 195 Å². The first kappa shape index (κ1) is 22.2. The number of benzene rings is 1. The van der Waals surface area contributed by atoms with E-state index in [1.54, 1.807) is 6.92 Å². The molecule has 3 aliphatic heterocycles. The van der Waals surface area contributed by atoms with Gasteiger partial charge in [-0.15, -0.1) is 0 Å². The Kier molecular flexibility index (Phi) is 5.80. The normalized spacial score (nSPS) is 30.5. The molecule has 3 aliphatic rings. The second-order valence-corrected chi connectivity index (χ2v) is 10.2. The number of rotatable bonds is 3. The van der Waals surface area contributed by atoms with Gasteiger partial charge in [-0.3, -0.25) is 9.59 Å². The number of nitrogens with one attached hydrogen (secondary N) is 1. The minimum atomic E-state index is -0.0735. The van der Waals surface area contributed by atoms with Crippen molar-refractivity contribution in [3.8, 4) is 0 Å². The number of piperidine rings is 2. The van der Waals surface area contributed by atoms with E-state index in [9.17, 15) is 9.59 Å². The molecule has 8 heteroatoms. The lowest BCUT2D eigenvalue weighted by molar-refractivity contribution is -0.130. The van der Waals surface area contributed by atoms with Gasteiger partial charge in [-0.25, -0.2) is 0 Å². The summed E-state index contributed by atoms with van der Waals surface area (Å²) in [7, 11) is 2.22. The fourth-order valence-corrected chi connectivity index (χ4v) is 6.18. The van der Waals surface area contributed by atoms with Gasteiger partial charge in [-0.1, -0.05) is 12.5 Å². The van der Waals surface area contributed by atoms with E-state index in [1.807, 2.05) is 23.1 Å². The van der Waals surface area contributed by atoms with Gasteiger partial charge in [0, 0.05) is 50.2 Å². The third-order valence-electron chi connectivity index (χ3n) is 7.91. The quantitative estimate of drug-likeness (QED) is 0.769. The van der Waals surface area contributed by atoms with Crippen LogP contribution in [0.3, 0.4) is 0 Å². The molecule has 3 saturated heterocycles. The SMILES string of the molecule is CC(=O)N1C[C@H](C)N(c2nc3c(C(=O)NC4CC5CCCC(C4)N5C)cccc3o2)[C@@H](C)C1. The summed E-state index contributed by atoms with van der Waals surface area (Å²) in [6, 6.07) is 7.54. The van der Waals surface area contributed by atoms with Gasteiger partial charge in [0.05, 0.1) is 5.56 Å². The molecule has 0 spiro atoms. The molecule has 2 amide bonds. The van der Waals surface area contributed by atoms with Gasteiger partial charge < -0.3 is 24.4 Å². The Bertz CT molecular complexity index is 1030. The van der Waals surface area contributed by atoms with Crippen molar-refractivity contribution in [1.29, 1.82) is 0 Å². The molecule has 178 valence electrons. The van der Waals surface area contributed by atoms with Crippen molar-refractivity contribution in [1.82, 2.24) is 20.1 Å². The number of hydrogen-bond acceptors (Lipinski definition) is 6. The predicted octanol–water partition coefficient (Wildman–Crippen LogP) is 3.02. The van der Waals surface area contributed by atoms with Gasteiger partial charge in [0.2, 0.25) is 5.91 Å². The molecule has 0 saturated carbocycles. The lowest BCUT2D eigenvalue weighted by Gasteiger charge is -2.47. The van der Waals surface area contributed by atoms with E-state index in [-0.39, 0.29) is 29.9 Å². The lowest BCUT2D eigenvalue weighted by Crippen LogP contribution is -2.58. The zero-order valence-corrected chi connectivity index (χ0v) is 20.1. The lowest BCUT2D eigenvalue weighted by atomic mass is 9.82. The molecule has 1 N–H and O–H groups in total. The van der Waals surface area contributed by atoms with Crippen molar-refractivity contribution in [2.45, 2.75) is 83.1 Å². The van der Waals surface area contributed by atoms with Crippen LogP contribution in [0.15, 0.2) is 22.6 Å². The second kappa shape index (κ2) is 8.63. The standard InChI is InChI=1S/C25H35N5O3/c1-15-13-29(17(3)31)14-16(2)30(15)25-27-23-21(9-6-10-22(23)33-25)24(32)26-18-11-19-7-5-8-20(12-18)28(19)4/h6,9-10,15-16,18-20H,5,7-8,11-14H2,1-4H3,(H,26,32)/t15-,16-,18?,19?,20?/m0/s1. The van der Waals surface area contributed by atoms with Crippen LogP contribution in [-0.4, -0.2) is 76.9 Å². The number of hydrogen-bond donors (Lipinski definition) is 1. The van der Waals surface area contributed by atoms with Crippen LogP contribution in [0.5, 0.6) is 0 Å². The molecule has 33 heavy (non-hydrogen) atoms. The van der Waals surface area contributed by atoms with E-state index in [1.165, 1.54) is 19.3 Å². The third kappa shape index (κ3) is 4.09. The summed E-state index contributed by atoms with van der Waals surface area (Å²) in [4.78, 5) is 36.4. The molecule has 8 nitrogen and oxygen atoms in total. The Hall–Kier alpha value is -2.61. The molecule has 3 fully saturated rings. The van der Waals surface area contributed by atoms with Crippen LogP contribution in [-0.2, 0) is 4.79 Å². The highest BCUT2D eigenvalue weighted by Crippen LogP contribution is 2.33. The van der Waals surface area contributed by atoms with Crippen LogP contribution < -0.4 is 10.2 Å². The van der Waals surface area contributed by atoms with Gasteiger partial charge in [0.1, 0.15) is 5.52 Å². The number of anilines is 1. The summed E-state index contributed by atoms with van der Waals surface area (Å²) < 4.78 is 6.12. The van der Waals surface area contributed by atoms with Crippen LogP contribution >= 0.6 is 0 Å². The van der Waals surface area contributed by atoms with E-state index in [0.717, 1.165) is 12.8 Å². The first-order valence-corrected chi connectivity index (χ1v) is 12.3. The average molecular weight is 454 g/mol. The van der Waals surface area contributed by atoms with Crippen molar-refractivity contribution >= 4 is 28.9 Å². The first-order chi connectivity index (χ1) is 15.8. The Balaban J connectivity index is 1.36. The minimum absolute atomic E-state index is 0.0710.